The van der Waals surface area contributed by atoms with Crippen molar-refractivity contribution < 1.29 is 17.7 Å². The van der Waals surface area contributed by atoms with Crippen LogP contribution in [0.3, 0.4) is 0 Å². The zero-order valence-electron chi connectivity index (χ0n) is 9.75. The Balaban J connectivity index is 1.80. The molecule has 0 saturated carbocycles. The summed E-state index contributed by atoms with van der Waals surface area (Å²) >= 11 is 0. The van der Waals surface area contributed by atoms with Crippen LogP contribution in [0.1, 0.15) is 0 Å². The Hall–Kier alpha value is -2.14. The van der Waals surface area contributed by atoms with Gasteiger partial charge in [0, 0.05) is 0 Å². The first-order chi connectivity index (χ1) is 8.64. The monoisotopic (exact) mass is 259 g/mol. The minimum atomic E-state index is -3.84. The summed E-state index contributed by atoms with van der Waals surface area (Å²) in [6, 6.07) is 15.0. The van der Waals surface area contributed by atoms with Gasteiger partial charge < -0.3 is 0 Å². The van der Waals surface area contributed by atoms with Gasteiger partial charge in [-0.2, -0.15) is 0 Å². The van der Waals surface area contributed by atoms with Crippen LogP contribution in [0.25, 0.3) is 0 Å². The molecule has 2 heterocycles. The molecule has 2 aliphatic rings. The predicted molar refractivity (Wildman–Crippen MR) is 67.0 cm³/mol. The average Bonchev–Trinajstić information content (AvgIpc) is 2.81. The summed E-state index contributed by atoms with van der Waals surface area (Å²) in [5, 5.41) is 0. The van der Waals surface area contributed by atoms with E-state index in [1.165, 1.54) is 0 Å². The summed E-state index contributed by atoms with van der Waals surface area (Å²) in [5.41, 5.74) is 0. The maximum atomic E-state index is 5.91. The van der Waals surface area contributed by atoms with E-state index in [2.05, 4.69) is 0 Å². The molecule has 1 spiro atoms. The van der Waals surface area contributed by atoms with Crippen molar-refractivity contribution in [3.05, 3.63) is 48.5 Å². The molecule has 18 heavy (non-hydrogen) atoms. The quantitative estimate of drug-likeness (QED) is 0.682. The second kappa shape index (κ2) is 2.81. The van der Waals surface area contributed by atoms with Gasteiger partial charge in [0.25, 0.3) is 0 Å². The van der Waals surface area contributed by atoms with Gasteiger partial charge in [0.05, 0.1) is 0 Å². The van der Waals surface area contributed by atoms with Crippen LogP contribution in [0.5, 0.6) is 23.0 Å². The average molecular weight is 259 g/mol. The van der Waals surface area contributed by atoms with Crippen molar-refractivity contribution in [2.45, 2.75) is 6.55 Å². The summed E-state index contributed by atoms with van der Waals surface area (Å²) in [5.74, 6) is 2.67. The fourth-order valence-electron chi connectivity index (χ4n) is 2.34. The van der Waals surface area contributed by atoms with E-state index in [1.54, 1.807) is 6.55 Å². The molecule has 0 atom stereocenters. The Kier molecular flexibility index (Phi) is 1.54. The van der Waals surface area contributed by atoms with Gasteiger partial charge in [-0.25, -0.2) is 0 Å². The Morgan fingerprint density at radius 2 is 0.889 bits per heavy atom. The molecular weight excluding hydrogens is 248 g/mol. The van der Waals surface area contributed by atoms with Crippen LogP contribution in [-0.4, -0.2) is 8.33 Å². The third kappa shape index (κ3) is 1.19. The Morgan fingerprint density at radius 3 is 1.17 bits per heavy atom. The van der Waals surface area contributed by atoms with Crippen LogP contribution >= 0.6 is 0 Å². The van der Waals surface area contributed by atoms with Crippen molar-refractivity contribution in [1.82, 2.24) is 0 Å². The number of para-hydroxylation sites is 4. The molecule has 0 aromatic heterocycles. The molecule has 4 rings (SSSR count). The molecule has 0 saturated heterocycles. The summed E-state index contributed by atoms with van der Waals surface area (Å²) in [4.78, 5) is 0. The molecule has 2 aliphatic heterocycles. The molecule has 0 amide bonds. The van der Waals surface area contributed by atoms with Crippen molar-refractivity contribution in [1.29, 1.82) is 0 Å². The second-order valence-corrected chi connectivity index (χ2v) is 8.07. The van der Waals surface area contributed by atoms with E-state index in [4.69, 9.17) is 17.7 Å². The van der Waals surface area contributed by atoms with E-state index in [0.717, 1.165) is 0 Å². The van der Waals surface area contributed by atoms with Crippen LogP contribution in [0.2, 0.25) is 6.55 Å². The van der Waals surface area contributed by atoms with E-state index in [1.807, 2.05) is 48.5 Å². The van der Waals surface area contributed by atoms with Gasteiger partial charge in [-0.1, -0.05) is 0 Å². The third-order valence-electron chi connectivity index (χ3n) is 3.05. The number of hydrogen-bond donors (Lipinski definition) is 0. The molecule has 4 nitrogen and oxygen atoms in total. The summed E-state index contributed by atoms with van der Waals surface area (Å²) < 4.78 is 23.6. The van der Waals surface area contributed by atoms with Crippen LogP contribution in [0.15, 0.2) is 48.5 Å². The third-order valence-corrected chi connectivity index (χ3v) is 5.74. The van der Waals surface area contributed by atoms with Crippen molar-refractivity contribution in [3.63, 3.8) is 0 Å². The van der Waals surface area contributed by atoms with Gasteiger partial charge >= 0.3 is 104 Å². The maximum absolute atomic E-state index is 5.91. The van der Waals surface area contributed by atoms with Crippen molar-refractivity contribution >= 4 is 8.33 Å². The molecule has 0 unspecified atom stereocenters. The Bertz CT molecular complexity index is 542. The van der Waals surface area contributed by atoms with Crippen molar-refractivity contribution in [3.8, 4) is 23.0 Å². The Morgan fingerprint density at radius 1 is 0.611 bits per heavy atom. The molecule has 0 N–H and O–H groups in total. The zero-order chi connectivity index (χ0) is 12.2. The predicted octanol–water partition coefficient (Wildman–Crippen LogP) is 2.95. The molecule has 2 aromatic rings. The molecule has 5 heteroatoms. The van der Waals surface area contributed by atoms with Gasteiger partial charge in [0.15, 0.2) is 0 Å². The Labute approximate surface area is 105 Å². The second-order valence-electron chi connectivity index (χ2n) is 4.62. The summed E-state index contributed by atoms with van der Waals surface area (Å²) in [7, 11) is -3.84. The van der Waals surface area contributed by atoms with E-state index in [0.29, 0.717) is 23.0 Å². The van der Waals surface area contributed by atoms with Crippen LogP contribution in [0, 0.1) is 0 Å². The topological polar surface area (TPSA) is 36.9 Å². The molecule has 0 bridgehead atoms. The first kappa shape index (κ1) is 9.84. The van der Waals surface area contributed by atoms with Gasteiger partial charge in [-0.3, -0.25) is 0 Å². The zero-order valence-corrected chi connectivity index (χ0v) is 10.8. The molecule has 2 aromatic carbocycles. The fraction of sp³-hybridized carbons (Fsp3) is 0.0769. The van der Waals surface area contributed by atoms with Gasteiger partial charge in [0.1, 0.15) is 0 Å². The molecule has 0 fully saturated rings. The standard InChI is InChI=1S/C13H11O4Si/c1-18(14-10-6-2-3-7-11(10)15-18)16-12-8-4-5-9-13(12)17-18/h2-9H,1H3/q-1. The van der Waals surface area contributed by atoms with E-state index < -0.39 is 8.33 Å². The minimum absolute atomic E-state index is 0.668. The molecule has 0 aliphatic carbocycles. The first-order valence-electron chi connectivity index (χ1n) is 5.79. The number of fused-ring (bicyclic) bond motifs is 2. The van der Waals surface area contributed by atoms with Crippen molar-refractivity contribution in [2.24, 2.45) is 0 Å². The van der Waals surface area contributed by atoms with E-state index in [9.17, 15) is 0 Å². The number of benzene rings is 2. The van der Waals surface area contributed by atoms with Crippen LogP contribution < -0.4 is 17.7 Å². The van der Waals surface area contributed by atoms with Gasteiger partial charge in [0.2, 0.25) is 0 Å². The number of hydrogen-bond acceptors (Lipinski definition) is 4. The summed E-state index contributed by atoms with van der Waals surface area (Å²) in [6.45, 7) is 1.78. The summed E-state index contributed by atoms with van der Waals surface area (Å²) in [6.07, 6.45) is 0. The molecule has 92 valence electrons. The van der Waals surface area contributed by atoms with Crippen LogP contribution in [-0.2, 0) is 0 Å². The first-order valence-corrected chi connectivity index (χ1v) is 8.42. The number of rotatable bonds is 0. The van der Waals surface area contributed by atoms with E-state index >= 15 is 0 Å². The van der Waals surface area contributed by atoms with Gasteiger partial charge in [-0.15, -0.1) is 0 Å². The fourth-order valence-corrected chi connectivity index (χ4v) is 5.22. The SMILES string of the molecule is C[Si-]12(Oc3ccccc3O1)Oc1ccccc1O2. The van der Waals surface area contributed by atoms with Crippen LogP contribution in [0.4, 0.5) is 0 Å². The van der Waals surface area contributed by atoms with E-state index in [-0.39, 0.29) is 0 Å². The van der Waals surface area contributed by atoms with Crippen molar-refractivity contribution in [2.75, 3.05) is 0 Å². The molecule has 0 radical (unpaired) electrons. The normalized spacial score (nSPS) is 22.4. The molecular formula is C13H11O4Si-. The van der Waals surface area contributed by atoms with Gasteiger partial charge in [-0.05, 0) is 0 Å².